The number of nitrogens with zero attached hydrogens (tertiary/aromatic N) is 1. The van der Waals surface area contributed by atoms with Crippen LogP contribution in [0.15, 0.2) is 22.7 Å². The van der Waals surface area contributed by atoms with Crippen LogP contribution in [0.1, 0.15) is 44.2 Å². The number of hydrogen-bond donors (Lipinski definition) is 1. The molecule has 1 aliphatic rings. The molecule has 0 spiro atoms. The van der Waals surface area contributed by atoms with Gasteiger partial charge in [0.05, 0.1) is 6.04 Å². The Morgan fingerprint density at radius 1 is 1.47 bits per heavy atom. The zero-order valence-corrected chi connectivity index (χ0v) is 13.0. The maximum absolute atomic E-state index is 14.1. The fourth-order valence-corrected chi connectivity index (χ4v) is 2.89. The van der Waals surface area contributed by atoms with Crippen LogP contribution in [-0.4, -0.2) is 24.0 Å². The van der Waals surface area contributed by atoms with E-state index in [1.165, 1.54) is 18.9 Å². The zero-order valence-electron chi connectivity index (χ0n) is 11.4. The highest BCUT2D eigenvalue weighted by atomic mass is 79.9. The van der Waals surface area contributed by atoms with Gasteiger partial charge in [0.2, 0.25) is 0 Å². The Labute approximate surface area is 123 Å². The molecule has 1 aromatic carbocycles. The van der Waals surface area contributed by atoms with Gasteiger partial charge in [-0.3, -0.25) is 4.90 Å². The Balaban J connectivity index is 2.20. The summed E-state index contributed by atoms with van der Waals surface area (Å²) in [6.45, 7) is 3.67. The molecule has 1 saturated carbocycles. The van der Waals surface area contributed by atoms with E-state index in [1.807, 2.05) is 12.1 Å². The Morgan fingerprint density at radius 2 is 2.21 bits per heavy atom. The van der Waals surface area contributed by atoms with E-state index in [0.717, 1.165) is 29.4 Å². The Morgan fingerprint density at radius 3 is 2.74 bits per heavy atom. The number of rotatable bonds is 7. The highest BCUT2D eigenvalue weighted by Gasteiger charge is 2.34. The summed E-state index contributed by atoms with van der Waals surface area (Å²) in [5.74, 6) is -0.160. The van der Waals surface area contributed by atoms with Gasteiger partial charge in [0.1, 0.15) is 5.82 Å². The summed E-state index contributed by atoms with van der Waals surface area (Å²) in [5.41, 5.74) is 6.66. The topological polar surface area (TPSA) is 29.3 Å². The van der Waals surface area contributed by atoms with E-state index in [4.69, 9.17) is 5.73 Å². The molecule has 2 nitrogen and oxygen atoms in total. The van der Waals surface area contributed by atoms with Gasteiger partial charge in [-0.25, -0.2) is 4.39 Å². The molecule has 0 bridgehead atoms. The van der Waals surface area contributed by atoms with E-state index in [0.29, 0.717) is 12.6 Å². The zero-order chi connectivity index (χ0) is 13.8. The van der Waals surface area contributed by atoms with Crippen molar-refractivity contribution in [3.05, 3.63) is 34.1 Å². The smallest absolute Gasteiger partial charge is 0.129 e. The van der Waals surface area contributed by atoms with Gasteiger partial charge in [0.15, 0.2) is 0 Å². The van der Waals surface area contributed by atoms with E-state index in [1.54, 1.807) is 0 Å². The van der Waals surface area contributed by atoms with Crippen LogP contribution in [0, 0.1) is 5.82 Å². The van der Waals surface area contributed by atoms with Crippen molar-refractivity contribution in [2.75, 3.05) is 13.1 Å². The van der Waals surface area contributed by atoms with Gasteiger partial charge in [-0.1, -0.05) is 35.3 Å². The Kier molecular flexibility index (Phi) is 5.37. The van der Waals surface area contributed by atoms with Crippen molar-refractivity contribution in [1.82, 2.24) is 4.90 Å². The molecular weight excluding hydrogens is 307 g/mol. The van der Waals surface area contributed by atoms with Gasteiger partial charge in [0.25, 0.3) is 0 Å². The molecule has 106 valence electrons. The lowest BCUT2D eigenvalue weighted by atomic mass is 10.0. The molecule has 1 fully saturated rings. The van der Waals surface area contributed by atoms with E-state index in [9.17, 15) is 4.39 Å². The Bertz CT molecular complexity index is 421. The second-order valence-corrected chi connectivity index (χ2v) is 6.16. The second-order valence-electron chi connectivity index (χ2n) is 5.24. The fourth-order valence-electron chi connectivity index (χ4n) is 2.55. The fraction of sp³-hybridized carbons (Fsp3) is 0.600. The van der Waals surface area contributed by atoms with Crippen molar-refractivity contribution in [1.29, 1.82) is 0 Å². The molecule has 0 heterocycles. The first kappa shape index (κ1) is 14.9. The van der Waals surface area contributed by atoms with Crippen molar-refractivity contribution < 1.29 is 4.39 Å². The molecule has 1 aromatic rings. The number of halogens is 2. The van der Waals surface area contributed by atoms with E-state index in [2.05, 4.69) is 27.8 Å². The first-order chi connectivity index (χ1) is 9.17. The van der Waals surface area contributed by atoms with Crippen molar-refractivity contribution >= 4 is 15.9 Å². The van der Waals surface area contributed by atoms with Crippen LogP contribution in [-0.2, 0) is 0 Å². The van der Waals surface area contributed by atoms with Crippen LogP contribution in [0.25, 0.3) is 0 Å². The minimum atomic E-state index is -0.160. The van der Waals surface area contributed by atoms with Crippen LogP contribution >= 0.6 is 15.9 Å². The molecule has 1 atom stereocenters. The van der Waals surface area contributed by atoms with Gasteiger partial charge in [-0.15, -0.1) is 0 Å². The third kappa shape index (κ3) is 3.77. The molecular formula is C15H22BrFN2. The summed E-state index contributed by atoms with van der Waals surface area (Å²) in [5, 5.41) is 0. The standard InChI is InChI=1S/C15H22BrFN2/c1-2-3-8-19(12-5-6-12)15(10-18)13-7-4-11(16)9-14(13)17/h4,7,9,12,15H,2-3,5-6,8,10,18H2,1H3. The number of hydrogen-bond acceptors (Lipinski definition) is 2. The first-order valence-corrected chi connectivity index (χ1v) is 7.87. The van der Waals surface area contributed by atoms with Crippen LogP contribution < -0.4 is 5.73 Å². The highest BCUT2D eigenvalue weighted by Crippen LogP contribution is 2.35. The lowest BCUT2D eigenvalue weighted by molar-refractivity contribution is 0.184. The summed E-state index contributed by atoms with van der Waals surface area (Å²) in [6.07, 6.45) is 4.74. The molecule has 2 rings (SSSR count). The third-order valence-electron chi connectivity index (χ3n) is 3.73. The molecule has 0 aliphatic heterocycles. The minimum absolute atomic E-state index is 0.00662. The average Bonchev–Trinajstić information content (AvgIpc) is 3.20. The second kappa shape index (κ2) is 6.82. The first-order valence-electron chi connectivity index (χ1n) is 7.08. The minimum Gasteiger partial charge on any atom is -0.329 e. The van der Waals surface area contributed by atoms with E-state index < -0.39 is 0 Å². The lowest BCUT2D eigenvalue weighted by Crippen LogP contribution is -2.36. The molecule has 2 N–H and O–H groups in total. The van der Waals surface area contributed by atoms with Crippen molar-refractivity contribution in [2.45, 2.75) is 44.7 Å². The van der Waals surface area contributed by atoms with Gasteiger partial charge < -0.3 is 5.73 Å². The van der Waals surface area contributed by atoms with E-state index in [-0.39, 0.29) is 11.9 Å². The maximum Gasteiger partial charge on any atom is 0.129 e. The molecule has 0 amide bonds. The average molecular weight is 329 g/mol. The SMILES string of the molecule is CCCCN(C1CC1)C(CN)c1ccc(Br)cc1F. The summed E-state index contributed by atoms with van der Waals surface area (Å²) < 4.78 is 14.9. The summed E-state index contributed by atoms with van der Waals surface area (Å²) >= 11 is 3.30. The van der Waals surface area contributed by atoms with E-state index >= 15 is 0 Å². The lowest BCUT2D eigenvalue weighted by Gasteiger charge is -2.31. The number of nitrogens with two attached hydrogens (primary N) is 1. The highest BCUT2D eigenvalue weighted by molar-refractivity contribution is 9.10. The largest absolute Gasteiger partial charge is 0.329 e. The number of benzene rings is 1. The molecule has 4 heteroatoms. The van der Waals surface area contributed by atoms with Crippen LogP contribution in [0.4, 0.5) is 4.39 Å². The van der Waals surface area contributed by atoms with Crippen molar-refractivity contribution in [3.63, 3.8) is 0 Å². The van der Waals surface area contributed by atoms with Crippen molar-refractivity contribution in [2.24, 2.45) is 5.73 Å². The monoisotopic (exact) mass is 328 g/mol. The van der Waals surface area contributed by atoms with Gasteiger partial charge in [-0.2, -0.15) is 0 Å². The van der Waals surface area contributed by atoms with Crippen LogP contribution in [0.2, 0.25) is 0 Å². The summed E-state index contributed by atoms with van der Waals surface area (Å²) in [4.78, 5) is 2.40. The third-order valence-corrected chi connectivity index (χ3v) is 4.22. The molecule has 0 saturated heterocycles. The molecule has 0 aromatic heterocycles. The summed E-state index contributed by atoms with van der Waals surface area (Å²) in [7, 11) is 0. The number of unbranched alkanes of at least 4 members (excludes halogenated alkanes) is 1. The van der Waals surface area contributed by atoms with Crippen LogP contribution in [0.5, 0.6) is 0 Å². The van der Waals surface area contributed by atoms with Gasteiger partial charge >= 0.3 is 0 Å². The maximum atomic E-state index is 14.1. The normalized spacial score (nSPS) is 16.9. The molecule has 1 unspecified atom stereocenters. The molecule has 1 aliphatic carbocycles. The molecule has 19 heavy (non-hydrogen) atoms. The predicted molar refractivity (Wildman–Crippen MR) is 80.5 cm³/mol. The van der Waals surface area contributed by atoms with Gasteiger partial charge in [0, 0.05) is 22.6 Å². The predicted octanol–water partition coefficient (Wildman–Crippen LogP) is 3.85. The summed E-state index contributed by atoms with van der Waals surface area (Å²) in [6, 6.07) is 5.89. The van der Waals surface area contributed by atoms with Gasteiger partial charge in [-0.05, 0) is 37.9 Å². The quantitative estimate of drug-likeness (QED) is 0.823. The Hall–Kier alpha value is -0.450. The van der Waals surface area contributed by atoms with Crippen molar-refractivity contribution in [3.8, 4) is 0 Å². The molecule has 0 radical (unpaired) electrons. The van der Waals surface area contributed by atoms with Crippen LogP contribution in [0.3, 0.4) is 0 Å².